The lowest BCUT2D eigenvalue weighted by Crippen LogP contribution is -2.47. The Hall–Kier alpha value is -3.25. The number of nitrogens with one attached hydrogen (secondary N) is 1. The van der Waals surface area contributed by atoms with Gasteiger partial charge in [-0.25, -0.2) is 4.68 Å². The smallest absolute Gasteiger partial charge is 0.246 e. The number of rotatable bonds is 9. The van der Waals surface area contributed by atoms with Crippen LogP contribution in [0.2, 0.25) is 10.0 Å². The number of anilines is 1. The monoisotopic (exact) mass is 589 g/mol. The van der Waals surface area contributed by atoms with Crippen molar-refractivity contribution in [2.75, 3.05) is 32.1 Å². The highest BCUT2D eigenvalue weighted by Crippen LogP contribution is 2.30. The summed E-state index contributed by atoms with van der Waals surface area (Å²) in [6.45, 7) is 5.29. The number of fused-ring (bicyclic) bond motifs is 1. The van der Waals surface area contributed by atoms with Gasteiger partial charge < -0.3 is 20.1 Å². The van der Waals surface area contributed by atoms with Crippen LogP contribution < -0.4 is 10.1 Å². The lowest BCUT2D eigenvalue weighted by Gasteiger charge is -2.34. The molecule has 0 unspecified atom stereocenters. The van der Waals surface area contributed by atoms with E-state index in [9.17, 15) is 14.7 Å². The third kappa shape index (κ3) is 7.69. The van der Waals surface area contributed by atoms with Crippen molar-refractivity contribution in [3.63, 3.8) is 0 Å². The van der Waals surface area contributed by atoms with E-state index < -0.39 is 0 Å². The zero-order valence-corrected chi connectivity index (χ0v) is 24.1. The molecule has 0 spiro atoms. The first-order valence-electron chi connectivity index (χ1n) is 13.0. The molecule has 0 radical (unpaired) electrons. The number of nitrogens with zero attached hydrogens (tertiary/aromatic N) is 6. The van der Waals surface area contributed by atoms with Crippen LogP contribution in [0.4, 0.5) is 5.69 Å². The second kappa shape index (κ2) is 13.4. The van der Waals surface area contributed by atoms with Gasteiger partial charge in [-0.3, -0.25) is 14.5 Å². The van der Waals surface area contributed by atoms with Gasteiger partial charge in [0.05, 0.1) is 29.1 Å². The highest BCUT2D eigenvalue weighted by Gasteiger charge is 2.31. The first-order valence-corrected chi connectivity index (χ1v) is 13.7. The second-order valence-corrected chi connectivity index (χ2v) is 11.0. The van der Waals surface area contributed by atoms with Crippen LogP contribution in [0.3, 0.4) is 0 Å². The van der Waals surface area contributed by atoms with Gasteiger partial charge in [0.25, 0.3) is 0 Å². The number of tetrazole rings is 1. The lowest BCUT2D eigenvalue weighted by atomic mass is 10.0. The highest BCUT2D eigenvalue weighted by molar-refractivity contribution is 6.42. The summed E-state index contributed by atoms with van der Waals surface area (Å²) >= 11 is 12.3. The average molecular weight is 591 g/mol. The molecular weight excluding hydrogens is 557 g/mol. The summed E-state index contributed by atoms with van der Waals surface area (Å²) in [5.74, 6) is 0.0923. The third-order valence-corrected chi connectivity index (χ3v) is 7.56. The summed E-state index contributed by atoms with van der Waals surface area (Å²) in [6, 6.07) is 10.5. The predicted octanol–water partition coefficient (Wildman–Crippen LogP) is 2.90. The molecule has 0 saturated heterocycles. The molecule has 40 heavy (non-hydrogen) atoms. The molecule has 0 bridgehead atoms. The molecule has 2 amide bonds. The van der Waals surface area contributed by atoms with Gasteiger partial charge >= 0.3 is 0 Å². The summed E-state index contributed by atoms with van der Waals surface area (Å²) in [5.41, 5.74) is 2.18. The number of aliphatic hydroxyl groups excluding tert-OH is 1. The van der Waals surface area contributed by atoms with Crippen LogP contribution in [0.1, 0.15) is 25.0 Å². The number of benzene rings is 2. The minimum Gasteiger partial charge on any atom is -0.488 e. The molecule has 2 aromatic carbocycles. The van der Waals surface area contributed by atoms with Crippen molar-refractivity contribution in [1.82, 2.24) is 30.0 Å². The van der Waals surface area contributed by atoms with Gasteiger partial charge in [-0.15, -0.1) is 5.10 Å². The Morgan fingerprint density at radius 3 is 2.75 bits per heavy atom. The van der Waals surface area contributed by atoms with Crippen molar-refractivity contribution in [3.8, 4) is 5.75 Å². The number of ether oxygens (including phenoxy) is 1. The average Bonchev–Trinajstić information content (AvgIpc) is 3.43. The van der Waals surface area contributed by atoms with E-state index in [-0.39, 0.29) is 49.5 Å². The lowest BCUT2D eigenvalue weighted by molar-refractivity contribution is -0.134. The van der Waals surface area contributed by atoms with Crippen molar-refractivity contribution < 1.29 is 19.4 Å². The molecule has 1 aliphatic rings. The first-order chi connectivity index (χ1) is 19.1. The number of amides is 2. The van der Waals surface area contributed by atoms with Gasteiger partial charge in [-0.05, 0) is 60.3 Å². The minimum absolute atomic E-state index is 0.0455. The van der Waals surface area contributed by atoms with Crippen molar-refractivity contribution in [2.45, 2.75) is 45.5 Å². The van der Waals surface area contributed by atoms with E-state index in [1.54, 1.807) is 29.2 Å². The van der Waals surface area contributed by atoms with Gasteiger partial charge in [-0.2, -0.15) is 0 Å². The van der Waals surface area contributed by atoms with E-state index in [0.29, 0.717) is 46.7 Å². The van der Waals surface area contributed by atoms with Gasteiger partial charge in [0.2, 0.25) is 11.8 Å². The molecule has 0 fully saturated rings. The number of hydrogen-bond donors (Lipinski definition) is 2. The molecule has 2 N–H and O–H groups in total. The molecule has 0 saturated carbocycles. The van der Waals surface area contributed by atoms with Crippen molar-refractivity contribution in [2.24, 2.45) is 5.92 Å². The fourth-order valence-electron chi connectivity index (χ4n) is 4.65. The van der Waals surface area contributed by atoms with Gasteiger partial charge in [0.1, 0.15) is 24.7 Å². The van der Waals surface area contributed by atoms with E-state index in [2.05, 4.69) is 25.7 Å². The van der Waals surface area contributed by atoms with Crippen LogP contribution in [0, 0.1) is 5.92 Å². The summed E-state index contributed by atoms with van der Waals surface area (Å²) in [4.78, 5) is 29.7. The molecule has 2 heterocycles. The minimum atomic E-state index is -0.356. The summed E-state index contributed by atoms with van der Waals surface area (Å²) < 4.78 is 7.88. The molecule has 13 heteroatoms. The molecule has 11 nitrogen and oxygen atoms in total. The number of carbonyl (C=O) groups excluding carboxylic acids is 2. The number of aliphatic hydroxyl groups is 1. The maximum Gasteiger partial charge on any atom is 0.246 e. The molecule has 3 atom stereocenters. The third-order valence-electron chi connectivity index (χ3n) is 6.83. The molecule has 0 aliphatic carbocycles. The number of aromatic nitrogens is 4. The van der Waals surface area contributed by atoms with Gasteiger partial charge in [0, 0.05) is 36.8 Å². The molecular formula is C27H33Cl2N7O4. The first kappa shape index (κ1) is 29.7. The Balaban J connectivity index is 1.56. The highest BCUT2D eigenvalue weighted by atomic mass is 35.5. The Labute approximate surface area is 243 Å². The van der Waals surface area contributed by atoms with Crippen LogP contribution in [-0.4, -0.2) is 85.8 Å². The molecule has 1 aliphatic heterocycles. The molecule has 214 valence electrons. The Morgan fingerprint density at radius 1 is 1.25 bits per heavy atom. The Kier molecular flexibility index (Phi) is 9.96. The largest absolute Gasteiger partial charge is 0.488 e. The number of halogens is 2. The van der Waals surface area contributed by atoms with Crippen LogP contribution in [0.25, 0.3) is 0 Å². The van der Waals surface area contributed by atoms with Crippen molar-refractivity contribution in [1.29, 1.82) is 0 Å². The summed E-state index contributed by atoms with van der Waals surface area (Å²) in [5, 5.41) is 24.5. The van der Waals surface area contributed by atoms with Gasteiger partial charge in [-0.1, -0.05) is 36.2 Å². The SMILES string of the molecule is C[C@H]1CN([C@@H](C)CO)C(=O)Cc2cc(NC(=O)Cn3cnnn3)ccc2O[C@@H]1CN(C)Cc1ccc(Cl)c(Cl)c1. The van der Waals surface area contributed by atoms with E-state index in [1.165, 1.54) is 11.0 Å². The van der Waals surface area contributed by atoms with E-state index in [4.69, 9.17) is 27.9 Å². The summed E-state index contributed by atoms with van der Waals surface area (Å²) in [7, 11) is 1.99. The zero-order chi connectivity index (χ0) is 28.8. The van der Waals surface area contributed by atoms with Crippen molar-refractivity contribution in [3.05, 3.63) is 63.9 Å². The normalized spacial score (nSPS) is 18.4. The Bertz CT molecular complexity index is 1320. The second-order valence-electron chi connectivity index (χ2n) is 10.2. The number of hydrogen-bond acceptors (Lipinski definition) is 8. The summed E-state index contributed by atoms with van der Waals surface area (Å²) in [6.07, 6.45) is 1.15. The van der Waals surface area contributed by atoms with E-state index in [0.717, 1.165) is 5.56 Å². The fraction of sp³-hybridized carbons (Fsp3) is 0.444. The van der Waals surface area contributed by atoms with Crippen LogP contribution in [0.5, 0.6) is 5.75 Å². The fourth-order valence-corrected chi connectivity index (χ4v) is 4.97. The quantitative estimate of drug-likeness (QED) is 0.390. The Morgan fingerprint density at radius 2 is 2.05 bits per heavy atom. The molecule has 4 rings (SSSR count). The van der Waals surface area contributed by atoms with Crippen LogP contribution in [-0.2, 0) is 29.1 Å². The van der Waals surface area contributed by atoms with E-state index >= 15 is 0 Å². The maximum absolute atomic E-state index is 13.4. The predicted molar refractivity (Wildman–Crippen MR) is 151 cm³/mol. The van der Waals surface area contributed by atoms with Crippen LogP contribution >= 0.6 is 23.2 Å². The van der Waals surface area contributed by atoms with Gasteiger partial charge in [0.15, 0.2) is 0 Å². The van der Waals surface area contributed by atoms with E-state index in [1.807, 2.05) is 33.0 Å². The topological polar surface area (TPSA) is 126 Å². The maximum atomic E-state index is 13.4. The molecule has 1 aromatic heterocycles. The number of likely N-dealkylation sites (N-methyl/N-ethyl adjacent to an activating group) is 1. The molecule has 3 aromatic rings. The number of carbonyl (C=O) groups is 2. The van der Waals surface area contributed by atoms with Crippen LogP contribution in [0.15, 0.2) is 42.7 Å². The standard InChI is InChI=1S/C27H33Cl2N7O4/c1-17-11-36(18(2)15-37)27(39)10-20-9-21(31-26(38)14-35-16-30-32-33-35)5-7-24(20)40-25(17)13-34(3)12-19-4-6-22(28)23(29)8-19/h4-9,16-18,25,37H,10-15H2,1-3H3,(H,31,38)/t17-,18-,25+/m0/s1. The zero-order valence-electron chi connectivity index (χ0n) is 22.6. The van der Waals surface area contributed by atoms with Crippen molar-refractivity contribution >= 4 is 40.7 Å².